The Morgan fingerprint density at radius 1 is 0.967 bits per heavy atom. The Labute approximate surface area is 171 Å². The third-order valence-corrected chi connectivity index (χ3v) is 8.76. The number of carbonyl (C=O) groups excluding carboxylic acids is 3. The summed E-state index contributed by atoms with van der Waals surface area (Å²) < 4.78 is 22.7. The molecule has 6 aliphatic rings. The number of carbonyl (C=O) groups is 3. The monoisotopic (exact) mass is 424 g/mol. The van der Waals surface area contributed by atoms with Crippen LogP contribution in [0, 0.1) is 34.0 Å². The largest absolute Gasteiger partial charge is 0.459 e. The van der Waals surface area contributed by atoms with Crippen LogP contribution >= 0.6 is 0 Å². The predicted molar refractivity (Wildman–Crippen MR) is 91.9 cm³/mol. The van der Waals surface area contributed by atoms with Crippen molar-refractivity contribution in [2.75, 3.05) is 0 Å². The first kappa shape index (κ1) is 19.0. The molecule has 0 radical (unpaired) electrons. The zero-order chi connectivity index (χ0) is 21.8. The minimum absolute atomic E-state index is 0.581. The fraction of sp³-hybridized carbons (Fsp3) is 0.850. The Hall–Kier alpha value is -1.75. The van der Waals surface area contributed by atoms with Gasteiger partial charge in [-0.15, -0.1) is 0 Å². The molecule has 4 aliphatic heterocycles. The molecule has 4 saturated heterocycles. The molecule has 2 aliphatic carbocycles. The zero-order valence-corrected chi connectivity index (χ0v) is 16.9. The van der Waals surface area contributed by atoms with Crippen LogP contribution in [0.1, 0.15) is 27.7 Å². The fourth-order valence-electron chi connectivity index (χ4n) is 8.28. The van der Waals surface area contributed by atoms with Gasteiger partial charge in [0.05, 0.1) is 28.8 Å². The molecule has 6 fully saturated rings. The Morgan fingerprint density at radius 2 is 1.63 bits per heavy atom. The number of esters is 3. The predicted octanol–water partition coefficient (Wildman–Crippen LogP) is -1.51. The zero-order valence-electron chi connectivity index (χ0n) is 16.9. The average Bonchev–Trinajstić information content (AvgIpc) is 3.34. The number of ether oxygens (including phenoxy) is 4. The smallest absolute Gasteiger partial charge is 0.340 e. The van der Waals surface area contributed by atoms with Crippen LogP contribution in [-0.4, -0.2) is 75.6 Å². The van der Waals surface area contributed by atoms with E-state index in [1.807, 2.05) is 20.8 Å². The van der Waals surface area contributed by atoms with Crippen LogP contribution in [0.4, 0.5) is 0 Å². The minimum Gasteiger partial charge on any atom is -0.459 e. The maximum Gasteiger partial charge on any atom is 0.340 e. The number of rotatable bonds is 0. The van der Waals surface area contributed by atoms with Crippen LogP contribution in [0.2, 0.25) is 0 Å². The highest BCUT2D eigenvalue weighted by molar-refractivity contribution is 5.92. The number of hydrogen-bond donors (Lipinski definition) is 3. The maximum absolute atomic E-state index is 13.3. The van der Waals surface area contributed by atoms with Gasteiger partial charge in [-0.2, -0.15) is 0 Å². The molecule has 12 atom stereocenters. The van der Waals surface area contributed by atoms with Crippen molar-refractivity contribution < 1.29 is 48.7 Å². The van der Waals surface area contributed by atoms with Crippen molar-refractivity contribution in [2.24, 2.45) is 34.0 Å². The van der Waals surface area contributed by atoms with E-state index in [9.17, 15) is 29.7 Å². The molecule has 0 aromatic carbocycles. The molecule has 0 bridgehead atoms. The summed E-state index contributed by atoms with van der Waals surface area (Å²) in [6.07, 6.45) is -8.29. The van der Waals surface area contributed by atoms with E-state index in [1.54, 1.807) is 6.92 Å². The Balaban J connectivity index is 1.71. The molecule has 4 heterocycles. The Bertz CT molecular complexity index is 910. The van der Waals surface area contributed by atoms with Gasteiger partial charge in [0, 0.05) is 5.92 Å². The van der Waals surface area contributed by atoms with Crippen LogP contribution in [0.25, 0.3) is 0 Å². The highest BCUT2D eigenvalue weighted by Crippen LogP contribution is 2.83. The molecule has 164 valence electrons. The lowest BCUT2D eigenvalue weighted by Gasteiger charge is -2.47. The summed E-state index contributed by atoms with van der Waals surface area (Å²) in [6.45, 7) is 7.05. The second-order valence-corrected chi connectivity index (χ2v) is 10.6. The maximum atomic E-state index is 13.3. The van der Waals surface area contributed by atoms with Gasteiger partial charge in [0.2, 0.25) is 6.29 Å². The fourth-order valence-corrected chi connectivity index (χ4v) is 8.28. The van der Waals surface area contributed by atoms with E-state index in [1.165, 1.54) is 0 Å². The van der Waals surface area contributed by atoms with E-state index in [0.717, 1.165) is 0 Å². The van der Waals surface area contributed by atoms with Crippen molar-refractivity contribution in [1.82, 2.24) is 0 Å². The van der Waals surface area contributed by atoms with Gasteiger partial charge in [-0.3, -0.25) is 4.79 Å². The lowest BCUT2D eigenvalue weighted by Crippen LogP contribution is -2.63. The van der Waals surface area contributed by atoms with Crippen molar-refractivity contribution in [2.45, 2.75) is 70.1 Å². The molecular weight excluding hydrogens is 400 g/mol. The van der Waals surface area contributed by atoms with Crippen molar-refractivity contribution in [3.63, 3.8) is 0 Å². The van der Waals surface area contributed by atoms with Crippen LogP contribution in [0.15, 0.2) is 0 Å². The van der Waals surface area contributed by atoms with Crippen molar-refractivity contribution in [3.8, 4) is 0 Å². The molecule has 3 N–H and O–H groups in total. The third kappa shape index (κ3) is 1.40. The number of aliphatic hydroxyl groups excluding tert-OH is 3. The molecule has 0 aromatic heterocycles. The van der Waals surface area contributed by atoms with Gasteiger partial charge in [0.1, 0.15) is 18.3 Å². The van der Waals surface area contributed by atoms with E-state index in [4.69, 9.17) is 18.9 Å². The number of aliphatic hydroxyl groups is 3. The summed E-state index contributed by atoms with van der Waals surface area (Å²) in [6, 6.07) is 0. The molecule has 6 rings (SSSR count). The summed E-state index contributed by atoms with van der Waals surface area (Å²) in [7, 11) is 0. The molecule has 30 heavy (non-hydrogen) atoms. The number of hydrogen-bond acceptors (Lipinski definition) is 10. The highest BCUT2D eigenvalue weighted by Gasteiger charge is 3.01. The van der Waals surface area contributed by atoms with E-state index >= 15 is 0 Å². The first-order chi connectivity index (χ1) is 13.9. The molecule has 0 aromatic rings. The van der Waals surface area contributed by atoms with Gasteiger partial charge >= 0.3 is 17.9 Å². The lowest BCUT2D eigenvalue weighted by atomic mass is 9.51. The second kappa shape index (κ2) is 4.85. The van der Waals surface area contributed by atoms with Gasteiger partial charge in [-0.1, -0.05) is 27.7 Å². The summed E-state index contributed by atoms with van der Waals surface area (Å²) in [5.41, 5.74) is -5.96. The van der Waals surface area contributed by atoms with Crippen LogP contribution < -0.4 is 0 Å². The SMILES string of the molecule is C[C@@H]1C(=O)O[C@@H]2[C@@H]1[C@@]13O[C@@H]4OC(=O)[C@H](O)[C@@]45[C@H](C(C)(C)C)[C@@H](O)[C@@H](OC1=O)[C@]53[C@H]2O. The normalized spacial score (nSPS) is 60.1. The summed E-state index contributed by atoms with van der Waals surface area (Å²) in [5, 5.41) is 34.2. The second-order valence-electron chi connectivity index (χ2n) is 10.6. The molecular formula is C20H24O10. The topological polar surface area (TPSA) is 149 Å². The van der Waals surface area contributed by atoms with Gasteiger partial charge in [0.15, 0.2) is 11.7 Å². The van der Waals surface area contributed by atoms with E-state index in [2.05, 4.69) is 0 Å². The molecule has 0 unspecified atom stereocenters. The minimum atomic E-state index is -1.89. The quantitative estimate of drug-likeness (QED) is 0.309. The standard InChI is InChI=1S/C20H24O10/c1-5-6-8(27-13(5)24)10(22)19-12-7(21)9(17(2,3)4)18(19)11(23)14(25)29-16(18)30-20(6,19)15(26)28-12/h5-12,16,21-23H,1-4H3/t5-,6+,7+,8+,9-,10-,11-,12+,16-,18-,19+,20+/m0/s1. The Kier molecular flexibility index (Phi) is 3.06. The molecule has 10 nitrogen and oxygen atoms in total. The third-order valence-electron chi connectivity index (χ3n) is 8.76. The van der Waals surface area contributed by atoms with Gasteiger partial charge < -0.3 is 34.3 Å². The van der Waals surface area contributed by atoms with E-state index in [0.29, 0.717) is 0 Å². The summed E-state index contributed by atoms with van der Waals surface area (Å²) >= 11 is 0. The Morgan fingerprint density at radius 3 is 2.27 bits per heavy atom. The lowest BCUT2D eigenvalue weighted by molar-refractivity contribution is -0.208. The van der Waals surface area contributed by atoms with Crippen LogP contribution in [0.3, 0.4) is 0 Å². The van der Waals surface area contributed by atoms with Crippen LogP contribution in [-0.2, 0) is 33.3 Å². The van der Waals surface area contributed by atoms with E-state index < -0.39 is 94.3 Å². The molecule has 2 spiro atoms. The van der Waals surface area contributed by atoms with E-state index in [-0.39, 0.29) is 0 Å². The highest BCUT2D eigenvalue weighted by atomic mass is 16.7. The number of fused-ring (bicyclic) bond motifs is 1. The first-order valence-corrected chi connectivity index (χ1v) is 10.2. The average molecular weight is 424 g/mol. The molecule has 0 amide bonds. The molecule has 2 saturated carbocycles. The van der Waals surface area contributed by atoms with Gasteiger partial charge in [-0.25, -0.2) is 9.59 Å². The van der Waals surface area contributed by atoms with Gasteiger partial charge in [-0.05, 0) is 5.41 Å². The van der Waals surface area contributed by atoms with Crippen LogP contribution in [0.5, 0.6) is 0 Å². The summed E-state index contributed by atoms with van der Waals surface area (Å²) in [5.74, 6) is -4.90. The van der Waals surface area contributed by atoms with Crippen molar-refractivity contribution in [1.29, 1.82) is 0 Å². The molecule has 10 heteroatoms. The van der Waals surface area contributed by atoms with Crippen molar-refractivity contribution in [3.05, 3.63) is 0 Å². The first-order valence-electron chi connectivity index (χ1n) is 10.2. The van der Waals surface area contributed by atoms with Crippen molar-refractivity contribution >= 4 is 17.9 Å². The van der Waals surface area contributed by atoms with Gasteiger partial charge in [0.25, 0.3) is 0 Å². The summed E-state index contributed by atoms with van der Waals surface area (Å²) in [4.78, 5) is 38.2.